The number of hydrogen-bond acceptors (Lipinski definition) is 2. The van der Waals surface area contributed by atoms with Crippen LogP contribution in [-0.4, -0.2) is 37.7 Å². The molecule has 0 bridgehead atoms. The van der Waals surface area contributed by atoms with Gasteiger partial charge in [-0.25, -0.2) is 0 Å². The van der Waals surface area contributed by atoms with Crippen LogP contribution in [0.5, 0.6) is 0 Å². The highest BCUT2D eigenvalue weighted by Gasteiger charge is 2.46. The van der Waals surface area contributed by atoms with Crippen LogP contribution in [0.2, 0.25) is 0 Å². The van der Waals surface area contributed by atoms with Gasteiger partial charge in [0.25, 0.3) is 0 Å². The Morgan fingerprint density at radius 1 is 1.11 bits per heavy atom. The van der Waals surface area contributed by atoms with Crippen LogP contribution in [0.1, 0.15) is 59.3 Å². The zero-order valence-electron chi connectivity index (χ0n) is 13.7. The number of fused-ring (bicyclic) bond motifs is 1. The quantitative estimate of drug-likeness (QED) is 0.751. The van der Waals surface area contributed by atoms with Gasteiger partial charge in [-0.2, -0.15) is 0 Å². The monoisotopic (exact) mass is 267 g/mol. The zero-order chi connectivity index (χ0) is 14.1. The molecule has 112 valence electrons. The highest BCUT2D eigenvalue weighted by molar-refractivity contribution is 4.99. The van der Waals surface area contributed by atoms with Crippen molar-refractivity contribution in [2.75, 3.05) is 27.3 Å². The van der Waals surface area contributed by atoms with E-state index in [0.717, 1.165) is 18.4 Å². The first-order chi connectivity index (χ1) is 8.89. The second kappa shape index (κ2) is 5.73. The van der Waals surface area contributed by atoms with Crippen LogP contribution in [-0.2, 0) is 4.74 Å². The van der Waals surface area contributed by atoms with E-state index in [1.54, 1.807) is 0 Å². The molecular formula is C17H33NO. The molecule has 1 heterocycles. The van der Waals surface area contributed by atoms with E-state index < -0.39 is 0 Å². The van der Waals surface area contributed by atoms with Crippen molar-refractivity contribution < 1.29 is 4.74 Å². The van der Waals surface area contributed by atoms with Crippen molar-refractivity contribution in [3.05, 3.63) is 0 Å². The molecule has 2 rings (SSSR count). The van der Waals surface area contributed by atoms with Crippen molar-refractivity contribution in [3.8, 4) is 0 Å². The van der Waals surface area contributed by atoms with Crippen molar-refractivity contribution in [2.24, 2.45) is 17.3 Å². The molecule has 0 aromatic rings. The summed E-state index contributed by atoms with van der Waals surface area (Å²) < 4.78 is 5.58. The Labute approximate surface area is 119 Å². The number of likely N-dealkylation sites (N-methyl/N-ethyl adjacent to an activating group) is 1. The van der Waals surface area contributed by atoms with Crippen LogP contribution >= 0.6 is 0 Å². The van der Waals surface area contributed by atoms with Crippen LogP contribution in [0.4, 0.5) is 0 Å². The molecule has 0 radical (unpaired) electrons. The fraction of sp³-hybridized carbons (Fsp3) is 1.00. The molecule has 1 saturated carbocycles. The van der Waals surface area contributed by atoms with E-state index in [1.165, 1.54) is 45.1 Å². The minimum Gasteiger partial charge on any atom is -0.383 e. The molecule has 0 aromatic heterocycles. The molecule has 3 unspecified atom stereocenters. The molecule has 0 N–H and O–H groups in total. The summed E-state index contributed by atoms with van der Waals surface area (Å²) >= 11 is 0. The average molecular weight is 267 g/mol. The highest BCUT2D eigenvalue weighted by atomic mass is 16.5. The molecule has 1 saturated heterocycles. The van der Waals surface area contributed by atoms with Gasteiger partial charge in [0, 0.05) is 12.6 Å². The van der Waals surface area contributed by atoms with Crippen LogP contribution in [0.25, 0.3) is 0 Å². The molecule has 3 atom stereocenters. The summed E-state index contributed by atoms with van der Waals surface area (Å²) in [6.45, 7) is 9.46. The van der Waals surface area contributed by atoms with Gasteiger partial charge in [-0.1, -0.05) is 20.3 Å². The SMILES string of the molecule is COCC1(C)C2CCCC(C)(C)CCC2CCN1C. The first-order valence-electron chi connectivity index (χ1n) is 8.09. The Bertz CT molecular complexity index is 302. The number of piperidine rings is 1. The molecule has 2 aliphatic rings. The molecule has 2 heteroatoms. The van der Waals surface area contributed by atoms with E-state index in [4.69, 9.17) is 4.74 Å². The van der Waals surface area contributed by atoms with Gasteiger partial charge in [-0.05, 0) is 69.9 Å². The van der Waals surface area contributed by atoms with Crippen LogP contribution in [0.15, 0.2) is 0 Å². The molecule has 2 nitrogen and oxygen atoms in total. The van der Waals surface area contributed by atoms with Gasteiger partial charge >= 0.3 is 0 Å². The molecule has 1 aliphatic carbocycles. The maximum atomic E-state index is 5.58. The summed E-state index contributed by atoms with van der Waals surface area (Å²) in [6, 6.07) is 0. The molecule has 0 spiro atoms. The standard InChI is InChI=1S/C17H33NO/c1-16(2)10-6-7-15-14(8-11-16)9-12-18(4)17(15,3)13-19-5/h14-15H,6-13H2,1-5H3. The van der Waals surface area contributed by atoms with Crippen LogP contribution in [0, 0.1) is 17.3 Å². The molecular weight excluding hydrogens is 234 g/mol. The summed E-state index contributed by atoms with van der Waals surface area (Å²) in [6.07, 6.45) is 8.38. The van der Waals surface area contributed by atoms with E-state index in [0.29, 0.717) is 5.41 Å². The normalized spacial score (nSPS) is 40.3. The Hall–Kier alpha value is -0.0800. The van der Waals surface area contributed by atoms with E-state index in [2.05, 4.69) is 32.7 Å². The number of nitrogens with zero attached hydrogens (tertiary/aromatic N) is 1. The maximum absolute atomic E-state index is 5.58. The fourth-order valence-corrected chi connectivity index (χ4v) is 4.51. The first-order valence-corrected chi connectivity index (χ1v) is 8.09. The topological polar surface area (TPSA) is 12.5 Å². The molecule has 0 aromatic carbocycles. The second-order valence-electron chi connectivity index (χ2n) is 7.96. The molecule has 1 aliphatic heterocycles. The predicted molar refractivity (Wildman–Crippen MR) is 81.4 cm³/mol. The summed E-state index contributed by atoms with van der Waals surface area (Å²) in [4.78, 5) is 2.56. The van der Waals surface area contributed by atoms with Crippen molar-refractivity contribution in [3.63, 3.8) is 0 Å². The van der Waals surface area contributed by atoms with Gasteiger partial charge in [0.05, 0.1) is 6.61 Å². The lowest BCUT2D eigenvalue weighted by atomic mass is 9.64. The minimum absolute atomic E-state index is 0.249. The number of rotatable bonds is 2. The Morgan fingerprint density at radius 3 is 2.53 bits per heavy atom. The van der Waals surface area contributed by atoms with Crippen molar-refractivity contribution >= 4 is 0 Å². The van der Waals surface area contributed by atoms with E-state index in [1.807, 2.05) is 7.11 Å². The highest BCUT2D eigenvalue weighted by Crippen LogP contribution is 2.46. The van der Waals surface area contributed by atoms with Crippen LogP contribution < -0.4 is 0 Å². The van der Waals surface area contributed by atoms with Crippen molar-refractivity contribution in [2.45, 2.75) is 64.8 Å². The summed E-state index contributed by atoms with van der Waals surface area (Å²) in [7, 11) is 4.15. The third-order valence-corrected chi connectivity index (χ3v) is 6.07. The third-order valence-electron chi connectivity index (χ3n) is 6.07. The minimum atomic E-state index is 0.249. The average Bonchev–Trinajstić information content (AvgIpc) is 2.32. The summed E-state index contributed by atoms with van der Waals surface area (Å²) in [5, 5.41) is 0. The lowest BCUT2D eigenvalue weighted by Crippen LogP contribution is -2.59. The van der Waals surface area contributed by atoms with Crippen molar-refractivity contribution in [1.29, 1.82) is 0 Å². The zero-order valence-corrected chi connectivity index (χ0v) is 13.7. The largest absolute Gasteiger partial charge is 0.383 e. The third kappa shape index (κ3) is 3.16. The van der Waals surface area contributed by atoms with E-state index >= 15 is 0 Å². The Kier molecular flexibility index (Phi) is 4.62. The van der Waals surface area contributed by atoms with Crippen molar-refractivity contribution in [1.82, 2.24) is 4.90 Å². The molecule has 0 amide bonds. The summed E-state index contributed by atoms with van der Waals surface area (Å²) in [5.41, 5.74) is 0.811. The second-order valence-corrected chi connectivity index (χ2v) is 7.96. The fourth-order valence-electron chi connectivity index (χ4n) is 4.51. The Balaban J connectivity index is 2.15. The lowest BCUT2D eigenvalue weighted by Gasteiger charge is -2.53. The number of likely N-dealkylation sites (tertiary alicyclic amines) is 1. The molecule has 2 fully saturated rings. The maximum Gasteiger partial charge on any atom is 0.0646 e. The van der Waals surface area contributed by atoms with Gasteiger partial charge in [0.1, 0.15) is 0 Å². The van der Waals surface area contributed by atoms with Gasteiger partial charge in [-0.15, -0.1) is 0 Å². The molecule has 19 heavy (non-hydrogen) atoms. The number of ether oxygens (including phenoxy) is 1. The Morgan fingerprint density at radius 2 is 1.84 bits per heavy atom. The van der Waals surface area contributed by atoms with Crippen LogP contribution in [0.3, 0.4) is 0 Å². The summed E-state index contributed by atoms with van der Waals surface area (Å²) in [5.74, 6) is 1.73. The number of methoxy groups -OCH3 is 1. The van der Waals surface area contributed by atoms with Gasteiger partial charge in [0.2, 0.25) is 0 Å². The lowest BCUT2D eigenvalue weighted by molar-refractivity contribution is -0.0683. The smallest absolute Gasteiger partial charge is 0.0646 e. The van der Waals surface area contributed by atoms with Gasteiger partial charge in [0.15, 0.2) is 0 Å². The van der Waals surface area contributed by atoms with E-state index in [-0.39, 0.29) is 5.54 Å². The number of hydrogen-bond donors (Lipinski definition) is 0. The first kappa shape index (κ1) is 15.3. The van der Waals surface area contributed by atoms with Gasteiger partial charge < -0.3 is 4.74 Å². The van der Waals surface area contributed by atoms with E-state index in [9.17, 15) is 0 Å². The predicted octanol–water partition coefficient (Wildman–Crippen LogP) is 3.95. The van der Waals surface area contributed by atoms with Gasteiger partial charge in [-0.3, -0.25) is 4.90 Å².